The molecule has 1 aliphatic heterocycles. The largest absolute Gasteiger partial charge is 0.444 e. The number of aliphatic hydroxyl groups excluding tert-OH is 1. The van der Waals surface area contributed by atoms with Crippen molar-refractivity contribution in [2.24, 2.45) is 0 Å². The standard InChI is InChI=1S/C16H24ClN3O3/c1-16(2,3)23-15(22)20-6-4-5-12(9-20)19-14-13(17)7-11(10-21)8-18-14/h7-8,12,21H,4-6,9-10H2,1-3H3,(H,18,19)/t12-/m1/s1. The highest BCUT2D eigenvalue weighted by Crippen LogP contribution is 2.23. The van der Waals surface area contributed by atoms with Crippen LogP contribution in [0.25, 0.3) is 0 Å². The fourth-order valence-electron chi connectivity index (χ4n) is 2.45. The van der Waals surface area contributed by atoms with E-state index in [-0.39, 0.29) is 18.7 Å². The summed E-state index contributed by atoms with van der Waals surface area (Å²) in [5, 5.41) is 12.8. The van der Waals surface area contributed by atoms with Crippen molar-refractivity contribution >= 4 is 23.5 Å². The first kappa shape index (κ1) is 17.8. The molecular formula is C16H24ClN3O3. The molecule has 128 valence electrons. The summed E-state index contributed by atoms with van der Waals surface area (Å²) < 4.78 is 5.42. The second-order valence-corrected chi connectivity index (χ2v) is 7.15. The van der Waals surface area contributed by atoms with Crippen LogP contribution in [0.1, 0.15) is 39.2 Å². The molecule has 2 heterocycles. The zero-order chi connectivity index (χ0) is 17.0. The number of piperidine rings is 1. The molecular weight excluding hydrogens is 318 g/mol. The summed E-state index contributed by atoms with van der Waals surface area (Å²) in [7, 11) is 0. The number of hydrogen-bond donors (Lipinski definition) is 2. The monoisotopic (exact) mass is 341 g/mol. The van der Waals surface area contributed by atoms with Crippen LogP contribution in [0.5, 0.6) is 0 Å². The number of ether oxygens (including phenoxy) is 1. The van der Waals surface area contributed by atoms with E-state index in [1.807, 2.05) is 20.8 Å². The molecule has 6 nitrogen and oxygen atoms in total. The molecule has 0 aromatic carbocycles. The molecule has 2 N–H and O–H groups in total. The van der Waals surface area contributed by atoms with Gasteiger partial charge in [0.05, 0.1) is 11.6 Å². The fraction of sp³-hybridized carbons (Fsp3) is 0.625. The predicted octanol–water partition coefficient (Wildman–Crippen LogP) is 3.04. The Balaban J connectivity index is 1.97. The van der Waals surface area contributed by atoms with E-state index in [1.165, 1.54) is 0 Å². The molecule has 0 saturated carbocycles. The number of halogens is 1. The summed E-state index contributed by atoms with van der Waals surface area (Å²) >= 11 is 6.17. The Morgan fingerprint density at radius 2 is 2.30 bits per heavy atom. The van der Waals surface area contributed by atoms with Gasteiger partial charge in [-0.25, -0.2) is 9.78 Å². The smallest absolute Gasteiger partial charge is 0.410 e. The van der Waals surface area contributed by atoms with Crippen LogP contribution in [-0.4, -0.2) is 45.8 Å². The lowest BCUT2D eigenvalue weighted by atomic mass is 10.1. The first-order chi connectivity index (χ1) is 10.8. The molecule has 0 spiro atoms. The maximum atomic E-state index is 12.2. The van der Waals surface area contributed by atoms with E-state index in [1.54, 1.807) is 17.2 Å². The molecule has 1 atom stereocenters. The van der Waals surface area contributed by atoms with Crippen LogP contribution < -0.4 is 5.32 Å². The number of pyridine rings is 1. The van der Waals surface area contributed by atoms with Crippen molar-refractivity contribution in [3.63, 3.8) is 0 Å². The highest BCUT2D eigenvalue weighted by Gasteiger charge is 2.28. The third-order valence-electron chi connectivity index (χ3n) is 3.49. The van der Waals surface area contributed by atoms with E-state index < -0.39 is 5.60 Å². The van der Waals surface area contributed by atoms with Gasteiger partial charge in [0.15, 0.2) is 0 Å². The molecule has 1 fully saturated rings. The van der Waals surface area contributed by atoms with Crippen LogP contribution in [0.4, 0.5) is 10.6 Å². The van der Waals surface area contributed by atoms with E-state index in [0.29, 0.717) is 29.5 Å². The average molecular weight is 342 g/mol. The fourth-order valence-corrected chi connectivity index (χ4v) is 2.69. The van der Waals surface area contributed by atoms with Gasteiger partial charge in [-0.05, 0) is 45.2 Å². The summed E-state index contributed by atoms with van der Waals surface area (Å²) in [4.78, 5) is 18.1. The number of nitrogens with zero attached hydrogens (tertiary/aromatic N) is 2. The van der Waals surface area contributed by atoms with Gasteiger partial charge < -0.3 is 20.1 Å². The zero-order valence-electron chi connectivity index (χ0n) is 13.8. The highest BCUT2D eigenvalue weighted by atomic mass is 35.5. The summed E-state index contributed by atoms with van der Waals surface area (Å²) in [5.74, 6) is 0.569. The molecule has 1 saturated heterocycles. The second kappa shape index (κ2) is 7.36. The summed E-state index contributed by atoms with van der Waals surface area (Å²) in [6, 6.07) is 1.76. The van der Waals surface area contributed by atoms with Gasteiger partial charge in [-0.3, -0.25) is 0 Å². The number of amides is 1. The van der Waals surface area contributed by atoms with Crippen molar-refractivity contribution in [3.8, 4) is 0 Å². The molecule has 0 aliphatic carbocycles. The van der Waals surface area contributed by atoms with Crippen molar-refractivity contribution in [3.05, 3.63) is 22.8 Å². The third kappa shape index (κ3) is 5.25. The van der Waals surface area contributed by atoms with Gasteiger partial charge >= 0.3 is 6.09 Å². The van der Waals surface area contributed by atoms with Crippen molar-refractivity contribution < 1.29 is 14.6 Å². The van der Waals surface area contributed by atoms with E-state index in [0.717, 1.165) is 12.8 Å². The van der Waals surface area contributed by atoms with Crippen LogP contribution in [0.2, 0.25) is 5.02 Å². The molecule has 7 heteroatoms. The van der Waals surface area contributed by atoms with Crippen LogP contribution in [-0.2, 0) is 11.3 Å². The molecule has 2 rings (SSSR count). The molecule has 0 unspecified atom stereocenters. The van der Waals surface area contributed by atoms with Crippen molar-refractivity contribution in [2.75, 3.05) is 18.4 Å². The molecule has 1 amide bonds. The van der Waals surface area contributed by atoms with Gasteiger partial charge in [-0.2, -0.15) is 0 Å². The summed E-state index contributed by atoms with van der Waals surface area (Å²) in [6.45, 7) is 6.72. The van der Waals surface area contributed by atoms with Crippen LogP contribution in [0.3, 0.4) is 0 Å². The predicted molar refractivity (Wildman–Crippen MR) is 89.6 cm³/mol. The highest BCUT2D eigenvalue weighted by molar-refractivity contribution is 6.32. The molecule has 0 radical (unpaired) electrons. The Kier molecular flexibility index (Phi) is 5.70. The first-order valence-electron chi connectivity index (χ1n) is 7.78. The Morgan fingerprint density at radius 1 is 1.57 bits per heavy atom. The van der Waals surface area contributed by atoms with Gasteiger partial charge in [0.25, 0.3) is 0 Å². The minimum absolute atomic E-state index is 0.0706. The SMILES string of the molecule is CC(C)(C)OC(=O)N1CCC[C@@H](Nc2ncc(CO)cc2Cl)C1. The van der Waals surface area contributed by atoms with E-state index >= 15 is 0 Å². The Hall–Kier alpha value is -1.53. The number of aromatic nitrogens is 1. The van der Waals surface area contributed by atoms with Gasteiger partial charge in [0.1, 0.15) is 11.4 Å². The van der Waals surface area contributed by atoms with Gasteiger partial charge in [0.2, 0.25) is 0 Å². The number of anilines is 1. The van der Waals surface area contributed by atoms with Gasteiger partial charge in [0, 0.05) is 25.3 Å². The maximum Gasteiger partial charge on any atom is 0.410 e. The van der Waals surface area contributed by atoms with Crippen LogP contribution >= 0.6 is 11.6 Å². The minimum Gasteiger partial charge on any atom is -0.444 e. The van der Waals surface area contributed by atoms with Gasteiger partial charge in [-0.1, -0.05) is 11.6 Å². The van der Waals surface area contributed by atoms with Crippen LogP contribution in [0, 0.1) is 0 Å². The van der Waals surface area contributed by atoms with E-state index in [2.05, 4.69) is 10.3 Å². The molecule has 23 heavy (non-hydrogen) atoms. The van der Waals surface area contributed by atoms with Crippen molar-refractivity contribution in [2.45, 2.75) is 51.9 Å². The van der Waals surface area contributed by atoms with E-state index in [9.17, 15) is 4.79 Å². The molecule has 0 bridgehead atoms. The molecule has 1 aromatic heterocycles. The average Bonchev–Trinajstić information content (AvgIpc) is 2.48. The van der Waals surface area contributed by atoms with Crippen molar-refractivity contribution in [1.82, 2.24) is 9.88 Å². The quantitative estimate of drug-likeness (QED) is 0.883. The number of nitrogens with one attached hydrogen (secondary N) is 1. The van der Waals surface area contributed by atoms with E-state index in [4.69, 9.17) is 21.4 Å². The zero-order valence-corrected chi connectivity index (χ0v) is 14.6. The number of carbonyl (C=O) groups is 1. The number of likely N-dealkylation sites (tertiary alicyclic amines) is 1. The Labute approximate surface area is 141 Å². The Morgan fingerprint density at radius 3 is 2.91 bits per heavy atom. The maximum absolute atomic E-state index is 12.2. The number of rotatable bonds is 3. The summed E-state index contributed by atoms with van der Waals surface area (Å²) in [5.41, 5.74) is 0.169. The first-order valence-corrected chi connectivity index (χ1v) is 8.16. The third-order valence-corrected chi connectivity index (χ3v) is 3.78. The normalized spacial score (nSPS) is 18.7. The van der Waals surface area contributed by atoms with Crippen LogP contribution in [0.15, 0.2) is 12.3 Å². The molecule has 1 aromatic rings. The number of aliphatic hydroxyl groups is 1. The summed E-state index contributed by atoms with van der Waals surface area (Å²) in [6.07, 6.45) is 3.11. The van der Waals surface area contributed by atoms with Gasteiger partial charge in [-0.15, -0.1) is 0 Å². The van der Waals surface area contributed by atoms with Crippen molar-refractivity contribution in [1.29, 1.82) is 0 Å². The Bertz CT molecular complexity index is 560. The second-order valence-electron chi connectivity index (χ2n) is 6.74. The minimum atomic E-state index is -0.498. The topological polar surface area (TPSA) is 74.7 Å². The lowest BCUT2D eigenvalue weighted by molar-refractivity contribution is 0.0206. The number of carbonyl (C=O) groups excluding carboxylic acids is 1. The molecule has 1 aliphatic rings. The lowest BCUT2D eigenvalue weighted by Crippen LogP contribution is -2.47. The number of hydrogen-bond acceptors (Lipinski definition) is 5. The lowest BCUT2D eigenvalue weighted by Gasteiger charge is -2.34.